The normalized spacial score (nSPS) is 19.9. The first-order chi connectivity index (χ1) is 9.61. The van der Waals surface area contributed by atoms with Gasteiger partial charge in [-0.2, -0.15) is 0 Å². The SMILES string of the molecule is CCOC(=O)C1CCCN(Cc2cccc(F)c2Cl)C1. The summed E-state index contributed by atoms with van der Waals surface area (Å²) in [6.45, 7) is 4.32. The third-order valence-corrected chi connectivity index (χ3v) is 3.97. The van der Waals surface area contributed by atoms with E-state index in [1.165, 1.54) is 6.07 Å². The zero-order chi connectivity index (χ0) is 14.5. The average molecular weight is 300 g/mol. The summed E-state index contributed by atoms with van der Waals surface area (Å²) in [5.41, 5.74) is 0.760. The van der Waals surface area contributed by atoms with Gasteiger partial charge in [0.05, 0.1) is 17.5 Å². The molecule has 1 saturated heterocycles. The van der Waals surface area contributed by atoms with Crippen LogP contribution in [0.4, 0.5) is 4.39 Å². The van der Waals surface area contributed by atoms with Gasteiger partial charge in [-0.25, -0.2) is 4.39 Å². The van der Waals surface area contributed by atoms with Gasteiger partial charge in [0.1, 0.15) is 5.82 Å². The smallest absolute Gasteiger partial charge is 0.310 e. The Kier molecular flexibility index (Phi) is 5.38. The molecule has 1 heterocycles. The van der Waals surface area contributed by atoms with Crippen LogP contribution >= 0.6 is 11.6 Å². The van der Waals surface area contributed by atoms with Crippen LogP contribution in [0.2, 0.25) is 5.02 Å². The summed E-state index contributed by atoms with van der Waals surface area (Å²) in [5.74, 6) is -0.623. The molecule has 1 fully saturated rings. The number of hydrogen-bond acceptors (Lipinski definition) is 3. The van der Waals surface area contributed by atoms with Crippen molar-refractivity contribution in [3.8, 4) is 0 Å². The number of nitrogens with zero attached hydrogens (tertiary/aromatic N) is 1. The van der Waals surface area contributed by atoms with Crippen molar-refractivity contribution in [1.29, 1.82) is 0 Å². The van der Waals surface area contributed by atoms with Gasteiger partial charge in [0.15, 0.2) is 0 Å². The van der Waals surface area contributed by atoms with Crippen LogP contribution in [0.15, 0.2) is 18.2 Å². The number of carbonyl (C=O) groups is 1. The first kappa shape index (κ1) is 15.3. The maximum absolute atomic E-state index is 13.4. The third-order valence-electron chi connectivity index (χ3n) is 3.55. The largest absolute Gasteiger partial charge is 0.466 e. The van der Waals surface area contributed by atoms with E-state index in [2.05, 4.69) is 4.90 Å². The molecular weight excluding hydrogens is 281 g/mol. The topological polar surface area (TPSA) is 29.5 Å². The minimum absolute atomic E-state index is 0.0870. The fraction of sp³-hybridized carbons (Fsp3) is 0.533. The van der Waals surface area contributed by atoms with Gasteiger partial charge in [-0.05, 0) is 37.9 Å². The number of carbonyl (C=O) groups excluding carboxylic acids is 1. The standard InChI is InChI=1S/C15H19ClFNO2/c1-2-20-15(19)12-6-4-8-18(10-12)9-11-5-3-7-13(17)14(11)16/h3,5,7,12H,2,4,6,8-10H2,1H3. The highest BCUT2D eigenvalue weighted by Crippen LogP contribution is 2.24. The van der Waals surface area contributed by atoms with Crippen LogP contribution in [0.25, 0.3) is 0 Å². The lowest BCUT2D eigenvalue weighted by Crippen LogP contribution is -2.39. The molecule has 110 valence electrons. The van der Waals surface area contributed by atoms with Gasteiger partial charge in [0, 0.05) is 13.1 Å². The Hall–Kier alpha value is -1.13. The molecule has 0 saturated carbocycles. The maximum atomic E-state index is 13.4. The second-order valence-electron chi connectivity index (χ2n) is 5.04. The van der Waals surface area contributed by atoms with E-state index < -0.39 is 5.82 Å². The van der Waals surface area contributed by atoms with Gasteiger partial charge in [-0.3, -0.25) is 9.69 Å². The first-order valence-electron chi connectivity index (χ1n) is 6.93. The third kappa shape index (κ3) is 3.70. The summed E-state index contributed by atoms with van der Waals surface area (Å²) in [7, 11) is 0. The number of hydrogen-bond donors (Lipinski definition) is 0. The Bertz CT molecular complexity index is 481. The number of halogens is 2. The molecule has 5 heteroatoms. The summed E-state index contributed by atoms with van der Waals surface area (Å²) in [4.78, 5) is 13.9. The van der Waals surface area contributed by atoms with Crippen LogP contribution in [0, 0.1) is 11.7 Å². The van der Waals surface area contributed by atoms with Crippen LogP contribution in [-0.2, 0) is 16.1 Å². The molecule has 3 nitrogen and oxygen atoms in total. The summed E-state index contributed by atoms with van der Waals surface area (Å²) >= 11 is 5.97. The van der Waals surface area contributed by atoms with E-state index in [1.807, 2.05) is 13.0 Å². The molecule has 1 aliphatic heterocycles. The van der Waals surface area contributed by atoms with Crippen LogP contribution in [-0.4, -0.2) is 30.6 Å². The van der Waals surface area contributed by atoms with Crippen molar-refractivity contribution >= 4 is 17.6 Å². The minimum Gasteiger partial charge on any atom is -0.466 e. The van der Waals surface area contributed by atoms with Crippen LogP contribution in [0.5, 0.6) is 0 Å². The second-order valence-corrected chi connectivity index (χ2v) is 5.42. The second kappa shape index (κ2) is 7.04. The fourth-order valence-electron chi connectivity index (χ4n) is 2.56. The highest BCUT2D eigenvalue weighted by Gasteiger charge is 2.27. The summed E-state index contributed by atoms with van der Waals surface area (Å²) in [5, 5.41) is 0.172. The van der Waals surface area contributed by atoms with Crippen LogP contribution in [0.3, 0.4) is 0 Å². The molecule has 0 spiro atoms. The molecule has 1 unspecified atom stereocenters. The zero-order valence-electron chi connectivity index (χ0n) is 11.6. The number of benzene rings is 1. The van der Waals surface area contributed by atoms with Crippen LogP contribution in [0.1, 0.15) is 25.3 Å². The summed E-state index contributed by atoms with van der Waals surface area (Å²) < 4.78 is 18.5. The summed E-state index contributed by atoms with van der Waals surface area (Å²) in [6, 6.07) is 4.83. The van der Waals surface area contributed by atoms with Gasteiger partial charge in [0.25, 0.3) is 0 Å². The lowest BCUT2D eigenvalue weighted by Gasteiger charge is -2.31. The van der Waals surface area contributed by atoms with E-state index in [9.17, 15) is 9.18 Å². The molecular formula is C15H19ClFNO2. The molecule has 0 aliphatic carbocycles. The zero-order valence-corrected chi connectivity index (χ0v) is 12.3. The highest BCUT2D eigenvalue weighted by atomic mass is 35.5. The van der Waals surface area contributed by atoms with E-state index in [0.29, 0.717) is 19.7 Å². The fourth-order valence-corrected chi connectivity index (χ4v) is 2.75. The minimum atomic E-state index is -0.400. The van der Waals surface area contributed by atoms with Gasteiger partial charge < -0.3 is 4.74 Å². The predicted molar refractivity (Wildman–Crippen MR) is 76.0 cm³/mol. The van der Waals surface area contributed by atoms with Crippen molar-refractivity contribution in [2.45, 2.75) is 26.3 Å². The number of ether oxygens (including phenoxy) is 1. The van der Waals surface area contributed by atoms with E-state index >= 15 is 0 Å². The van der Waals surface area contributed by atoms with Gasteiger partial charge in [-0.1, -0.05) is 23.7 Å². The highest BCUT2D eigenvalue weighted by molar-refractivity contribution is 6.31. The maximum Gasteiger partial charge on any atom is 0.310 e. The lowest BCUT2D eigenvalue weighted by molar-refractivity contribution is -0.150. The molecule has 0 N–H and O–H groups in total. The van der Waals surface area contributed by atoms with Crippen molar-refractivity contribution in [1.82, 2.24) is 4.90 Å². The van der Waals surface area contributed by atoms with Crippen molar-refractivity contribution in [2.24, 2.45) is 5.92 Å². The first-order valence-corrected chi connectivity index (χ1v) is 7.31. The van der Waals surface area contributed by atoms with E-state index in [-0.39, 0.29) is 16.9 Å². The Labute approximate surface area is 123 Å². The Morgan fingerprint density at radius 1 is 1.55 bits per heavy atom. The van der Waals surface area contributed by atoms with Gasteiger partial charge >= 0.3 is 5.97 Å². The molecule has 0 radical (unpaired) electrons. The average Bonchev–Trinajstić information content (AvgIpc) is 2.44. The molecule has 1 aromatic rings. The number of esters is 1. The van der Waals surface area contributed by atoms with E-state index in [4.69, 9.17) is 16.3 Å². The molecule has 1 aliphatic rings. The van der Waals surface area contributed by atoms with E-state index in [0.717, 1.165) is 24.9 Å². The molecule has 0 amide bonds. The van der Waals surface area contributed by atoms with Gasteiger partial charge in [-0.15, -0.1) is 0 Å². The monoisotopic (exact) mass is 299 g/mol. The molecule has 20 heavy (non-hydrogen) atoms. The molecule has 0 aromatic heterocycles. The molecule has 2 rings (SSSR count). The van der Waals surface area contributed by atoms with Crippen molar-refractivity contribution in [3.63, 3.8) is 0 Å². The number of piperidine rings is 1. The Morgan fingerprint density at radius 3 is 3.10 bits per heavy atom. The van der Waals surface area contributed by atoms with Crippen molar-refractivity contribution in [2.75, 3.05) is 19.7 Å². The molecule has 1 atom stereocenters. The Balaban J connectivity index is 1.99. The summed E-state index contributed by atoms with van der Waals surface area (Å²) in [6.07, 6.45) is 1.79. The quantitative estimate of drug-likeness (QED) is 0.799. The van der Waals surface area contributed by atoms with Crippen molar-refractivity contribution in [3.05, 3.63) is 34.6 Å². The molecule has 1 aromatic carbocycles. The van der Waals surface area contributed by atoms with Crippen molar-refractivity contribution < 1.29 is 13.9 Å². The number of rotatable bonds is 4. The molecule has 0 bridgehead atoms. The Morgan fingerprint density at radius 2 is 2.35 bits per heavy atom. The predicted octanol–water partition coefficient (Wildman–Crippen LogP) is 3.25. The lowest BCUT2D eigenvalue weighted by atomic mass is 9.97. The van der Waals surface area contributed by atoms with E-state index in [1.54, 1.807) is 6.07 Å². The number of likely N-dealkylation sites (tertiary alicyclic amines) is 1. The van der Waals surface area contributed by atoms with Crippen LogP contribution < -0.4 is 0 Å². The van der Waals surface area contributed by atoms with Gasteiger partial charge in [0.2, 0.25) is 0 Å².